The fraction of sp³-hybridized carbons (Fsp3) is 0.0714. The third-order valence-electron chi connectivity index (χ3n) is 2.77. The normalized spacial score (nSPS) is 10.2. The van der Waals surface area contributed by atoms with Crippen LogP contribution in [0.3, 0.4) is 0 Å². The van der Waals surface area contributed by atoms with Gasteiger partial charge in [-0.25, -0.2) is 4.39 Å². The number of carbonyl (C=O) groups excluding carboxylic acids is 1. The topological polar surface area (TPSA) is 72.2 Å². The minimum atomic E-state index is -0.786. The number of amides is 1. The number of carbonyl (C=O) groups is 1. The second-order valence-corrected chi connectivity index (χ2v) is 5.23. The van der Waals surface area contributed by atoms with Gasteiger partial charge < -0.3 is 5.32 Å². The summed E-state index contributed by atoms with van der Waals surface area (Å²) < 4.78 is 14.2. The largest absolute Gasteiger partial charge is 0.322 e. The van der Waals surface area contributed by atoms with Crippen LogP contribution >= 0.6 is 15.9 Å². The molecule has 108 valence electrons. The molecule has 0 heterocycles. The van der Waals surface area contributed by atoms with E-state index in [4.69, 9.17) is 0 Å². The van der Waals surface area contributed by atoms with E-state index in [0.29, 0.717) is 5.56 Å². The van der Waals surface area contributed by atoms with Crippen molar-refractivity contribution in [3.8, 4) is 0 Å². The van der Waals surface area contributed by atoms with E-state index in [0.717, 1.165) is 28.2 Å². The lowest BCUT2D eigenvalue weighted by Gasteiger charge is -2.07. The van der Waals surface area contributed by atoms with Crippen molar-refractivity contribution in [1.29, 1.82) is 0 Å². The van der Waals surface area contributed by atoms with Crippen LogP contribution in [-0.2, 0) is 0 Å². The summed E-state index contributed by atoms with van der Waals surface area (Å²) in [7, 11) is 0. The Morgan fingerprint density at radius 1 is 1.29 bits per heavy atom. The Hall–Kier alpha value is -2.28. The Kier molecular flexibility index (Phi) is 4.32. The number of halogens is 2. The molecule has 0 atom stereocenters. The molecule has 0 fully saturated rings. The van der Waals surface area contributed by atoms with Gasteiger partial charge in [0, 0.05) is 16.1 Å². The van der Waals surface area contributed by atoms with E-state index in [1.165, 1.54) is 0 Å². The quantitative estimate of drug-likeness (QED) is 0.668. The Morgan fingerprint density at radius 2 is 2.00 bits per heavy atom. The molecule has 0 saturated heterocycles. The van der Waals surface area contributed by atoms with Crippen molar-refractivity contribution in [3.63, 3.8) is 0 Å². The molecule has 21 heavy (non-hydrogen) atoms. The monoisotopic (exact) mass is 352 g/mol. The lowest BCUT2D eigenvalue weighted by Crippen LogP contribution is -2.12. The SMILES string of the molecule is Cc1cc(C(=O)Nc2cc(F)cc([N+](=O)[O-])c2)ccc1Br. The first-order valence-corrected chi connectivity index (χ1v) is 6.68. The van der Waals surface area contributed by atoms with E-state index in [-0.39, 0.29) is 5.69 Å². The molecule has 1 N–H and O–H groups in total. The number of benzene rings is 2. The molecule has 2 rings (SSSR count). The van der Waals surface area contributed by atoms with Gasteiger partial charge >= 0.3 is 0 Å². The minimum absolute atomic E-state index is 0.0345. The fourth-order valence-corrected chi connectivity index (χ4v) is 1.99. The molecular weight excluding hydrogens is 343 g/mol. The van der Waals surface area contributed by atoms with Crippen LogP contribution < -0.4 is 5.32 Å². The summed E-state index contributed by atoms with van der Waals surface area (Å²) in [6.07, 6.45) is 0. The van der Waals surface area contributed by atoms with Crippen molar-refractivity contribution in [2.75, 3.05) is 5.32 Å². The van der Waals surface area contributed by atoms with E-state index in [1.54, 1.807) is 18.2 Å². The predicted molar refractivity (Wildman–Crippen MR) is 79.9 cm³/mol. The van der Waals surface area contributed by atoms with Crippen LogP contribution in [0.15, 0.2) is 40.9 Å². The molecule has 0 spiro atoms. The molecule has 0 saturated carbocycles. The van der Waals surface area contributed by atoms with Gasteiger partial charge in [-0.05, 0) is 36.8 Å². The summed E-state index contributed by atoms with van der Waals surface area (Å²) in [5.41, 5.74) is 0.861. The first kappa shape index (κ1) is 15.1. The van der Waals surface area contributed by atoms with Crippen LogP contribution in [0, 0.1) is 22.9 Å². The number of nitro benzene ring substituents is 1. The zero-order chi connectivity index (χ0) is 15.6. The zero-order valence-electron chi connectivity index (χ0n) is 10.9. The third-order valence-corrected chi connectivity index (χ3v) is 3.66. The molecular formula is C14H10BrFN2O3. The second kappa shape index (κ2) is 6.01. The number of hydrogen-bond acceptors (Lipinski definition) is 3. The lowest BCUT2D eigenvalue weighted by molar-refractivity contribution is -0.385. The van der Waals surface area contributed by atoms with E-state index >= 15 is 0 Å². The summed E-state index contributed by atoms with van der Waals surface area (Å²) in [6.45, 7) is 1.83. The highest BCUT2D eigenvalue weighted by Crippen LogP contribution is 2.22. The van der Waals surface area contributed by atoms with Crippen LogP contribution in [0.2, 0.25) is 0 Å². The predicted octanol–water partition coefficient (Wildman–Crippen LogP) is 4.06. The fourth-order valence-electron chi connectivity index (χ4n) is 1.74. The molecule has 0 radical (unpaired) electrons. The van der Waals surface area contributed by atoms with E-state index in [2.05, 4.69) is 21.2 Å². The number of aryl methyl sites for hydroxylation is 1. The first-order valence-electron chi connectivity index (χ1n) is 5.89. The van der Waals surface area contributed by atoms with Crippen molar-refractivity contribution < 1.29 is 14.1 Å². The number of anilines is 1. The van der Waals surface area contributed by atoms with E-state index in [9.17, 15) is 19.3 Å². The Balaban J connectivity index is 2.27. The molecule has 0 bridgehead atoms. The van der Waals surface area contributed by atoms with Crippen LogP contribution in [0.4, 0.5) is 15.8 Å². The van der Waals surface area contributed by atoms with Crippen LogP contribution in [0.5, 0.6) is 0 Å². The summed E-state index contributed by atoms with van der Waals surface area (Å²) >= 11 is 3.32. The molecule has 0 aromatic heterocycles. The number of non-ortho nitro benzene ring substituents is 1. The summed E-state index contributed by atoms with van der Waals surface area (Å²) in [5.74, 6) is -1.25. The summed E-state index contributed by atoms with van der Waals surface area (Å²) in [6, 6.07) is 7.90. The molecule has 0 aliphatic rings. The van der Waals surface area contributed by atoms with Gasteiger partial charge in [0.25, 0.3) is 11.6 Å². The van der Waals surface area contributed by atoms with Crippen molar-refractivity contribution in [2.24, 2.45) is 0 Å². The number of hydrogen-bond donors (Lipinski definition) is 1. The van der Waals surface area contributed by atoms with Gasteiger partial charge in [0.15, 0.2) is 0 Å². The molecule has 1 amide bonds. The van der Waals surface area contributed by atoms with Gasteiger partial charge in [-0.3, -0.25) is 14.9 Å². The molecule has 2 aromatic carbocycles. The van der Waals surface area contributed by atoms with Gasteiger partial charge in [0.2, 0.25) is 0 Å². The second-order valence-electron chi connectivity index (χ2n) is 4.37. The maximum Gasteiger partial charge on any atom is 0.274 e. The zero-order valence-corrected chi connectivity index (χ0v) is 12.5. The maximum atomic E-state index is 13.3. The summed E-state index contributed by atoms with van der Waals surface area (Å²) in [4.78, 5) is 22.0. The highest BCUT2D eigenvalue weighted by Gasteiger charge is 2.13. The van der Waals surface area contributed by atoms with Crippen LogP contribution in [0.1, 0.15) is 15.9 Å². The Morgan fingerprint density at radius 3 is 2.62 bits per heavy atom. The van der Waals surface area contributed by atoms with Gasteiger partial charge in [0.1, 0.15) is 5.82 Å². The number of nitrogens with zero attached hydrogens (tertiary/aromatic N) is 1. The molecule has 0 unspecified atom stereocenters. The molecule has 7 heteroatoms. The highest BCUT2D eigenvalue weighted by molar-refractivity contribution is 9.10. The maximum absolute atomic E-state index is 13.3. The average Bonchev–Trinajstić information content (AvgIpc) is 2.41. The molecule has 5 nitrogen and oxygen atoms in total. The van der Waals surface area contributed by atoms with Crippen molar-refractivity contribution in [1.82, 2.24) is 0 Å². The Bertz CT molecular complexity index is 734. The van der Waals surface area contributed by atoms with Crippen LogP contribution in [-0.4, -0.2) is 10.8 Å². The average molecular weight is 353 g/mol. The first-order chi connectivity index (χ1) is 9.86. The van der Waals surface area contributed by atoms with E-state index in [1.807, 2.05) is 6.92 Å². The standard InChI is InChI=1S/C14H10BrFN2O3/c1-8-4-9(2-3-13(8)15)14(19)17-11-5-10(16)6-12(7-11)18(20)21/h2-7H,1H3,(H,17,19). The van der Waals surface area contributed by atoms with Gasteiger partial charge in [0.05, 0.1) is 16.7 Å². The van der Waals surface area contributed by atoms with Crippen molar-refractivity contribution in [2.45, 2.75) is 6.92 Å². The highest BCUT2D eigenvalue weighted by atomic mass is 79.9. The third kappa shape index (κ3) is 3.63. The smallest absolute Gasteiger partial charge is 0.274 e. The van der Waals surface area contributed by atoms with Gasteiger partial charge in [-0.1, -0.05) is 15.9 Å². The molecule has 0 aliphatic carbocycles. The van der Waals surface area contributed by atoms with Crippen molar-refractivity contribution >= 4 is 33.2 Å². The number of nitrogens with one attached hydrogen (secondary N) is 1. The Labute approximate surface area is 128 Å². The van der Waals surface area contributed by atoms with Gasteiger partial charge in [-0.15, -0.1) is 0 Å². The van der Waals surface area contributed by atoms with E-state index < -0.39 is 22.3 Å². The van der Waals surface area contributed by atoms with Crippen LogP contribution in [0.25, 0.3) is 0 Å². The molecule has 0 aliphatic heterocycles. The van der Waals surface area contributed by atoms with Gasteiger partial charge in [-0.2, -0.15) is 0 Å². The summed E-state index contributed by atoms with van der Waals surface area (Å²) in [5, 5.41) is 13.1. The number of nitro groups is 1. The van der Waals surface area contributed by atoms with Crippen molar-refractivity contribution in [3.05, 3.63) is 67.9 Å². The molecule has 2 aromatic rings. The lowest BCUT2D eigenvalue weighted by atomic mass is 10.1. The number of rotatable bonds is 3. The minimum Gasteiger partial charge on any atom is -0.322 e.